The Hall–Kier alpha value is -1.65. The monoisotopic (exact) mass is 234 g/mol. The fourth-order valence-corrected chi connectivity index (χ4v) is 2.20. The second kappa shape index (κ2) is 5.12. The van der Waals surface area contributed by atoms with Gasteiger partial charge in [-0.05, 0) is 44.6 Å². The summed E-state index contributed by atoms with van der Waals surface area (Å²) >= 11 is 0. The molecule has 1 amide bonds. The van der Waals surface area contributed by atoms with Crippen molar-refractivity contribution >= 4 is 11.6 Å². The molecule has 1 fully saturated rings. The Bertz CT molecular complexity index is 435. The van der Waals surface area contributed by atoms with Crippen molar-refractivity contribution in [3.63, 3.8) is 0 Å². The molecule has 17 heavy (non-hydrogen) atoms. The summed E-state index contributed by atoms with van der Waals surface area (Å²) in [5, 5.41) is 10.9. The molecular formula is C12H18N4O. The minimum absolute atomic E-state index is 0.247. The van der Waals surface area contributed by atoms with Crippen LogP contribution in [0.25, 0.3) is 0 Å². The molecule has 1 aromatic rings. The van der Waals surface area contributed by atoms with Crippen LogP contribution in [0.2, 0.25) is 0 Å². The number of nitrogens with one attached hydrogen (secondary N) is 2. The number of rotatable bonds is 3. The maximum atomic E-state index is 11.7. The van der Waals surface area contributed by atoms with Crippen LogP contribution >= 0.6 is 0 Å². The lowest BCUT2D eigenvalue weighted by molar-refractivity contribution is 0.0949. The van der Waals surface area contributed by atoms with Crippen LogP contribution in [0.5, 0.6) is 0 Å². The van der Waals surface area contributed by atoms with Gasteiger partial charge in [0.2, 0.25) is 0 Å². The number of carbonyl (C=O) groups is 1. The molecule has 1 aliphatic carbocycles. The maximum absolute atomic E-state index is 11.7. The van der Waals surface area contributed by atoms with Crippen LogP contribution in [0, 0.1) is 12.8 Å². The fourth-order valence-electron chi connectivity index (χ4n) is 2.20. The normalized spacial score (nSPS) is 22.0. The number of aromatic amines is 1. The van der Waals surface area contributed by atoms with Gasteiger partial charge in [0.25, 0.3) is 5.91 Å². The molecule has 0 bridgehead atoms. The molecule has 5 heteroatoms. The SMILES string of the molecule is CC[C@H]1CCC/C1=N/NC(=O)c1cc(C)[nH]n1. The van der Waals surface area contributed by atoms with Crippen molar-refractivity contribution in [3.8, 4) is 0 Å². The number of carbonyl (C=O) groups excluding carboxylic acids is 1. The summed E-state index contributed by atoms with van der Waals surface area (Å²) in [5.74, 6) is 0.292. The van der Waals surface area contributed by atoms with Gasteiger partial charge in [0.05, 0.1) is 0 Å². The Labute approximate surface area is 101 Å². The van der Waals surface area contributed by atoms with Gasteiger partial charge in [-0.1, -0.05) is 6.92 Å². The van der Waals surface area contributed by atoms with Crippen molar-refractivity contribution in [2.45, 2.75) is 39.5 Å². The highest BCUT2D eigenvalue weighted by molar-refractivity contribution is 5.94. The van der Waals surface area contributed by atoms with E-state index in [0.29, 0.717) is 11.6 Å². The summed E-state index contributed by atoms with van der Waals surface area (Å²) < 4.78 is 0. The quantitative estimate of drug-likeness (QED) is 0.785. The highest BCUT2D eigenvalue weighted by Crippen LogP contribution is 2.24. The van der Waals surface area contributed by atoms with Crippen molar-refractivity contribution in [3.05, 3.63) is 17.5 Å². The predicted octanol–water partition coefficient (Wildman–Crippen LogP) is 2.01. The first-order chi connectivity index (χ1) is 8.20. The van der Waals surface area contributed by atoms with Gasteiger partial charge in [0, 0.05) is 11.4 Å². The second-order valence-corrected chi connectivity index (χ2v) is 4.48. The van der Waals surface area contributed by atoms with Crippen LogP contribution in [0.1, 0.15) is 48.8 Å². The molecule has 1 aliphatic rings. The summed E-state index contributed by atoms with van der Waals surface area (Å²) in [6, 6.07) is 1.71. The topological polar surface area (TPSA) is 70.1 Å². The fraction of sp³-hybridized carbons (Fsp3) is 0.583. The molecule has 0 unspecified atom stereocenters. The molecule has 0 spiro atoms. The molecule has 1 aromatic heterocycles. The van der Waals surface area contributed by atoms with Gasteiger partial charge >= 0.3 is 0 Å². The molecule has 1 saturated carbocycles. The summed E-state index contributed by atoms with van der Waals surface area (Å²) in [7, 11) is 0. The lowest BCUT2D eigenvalue weighted by Gasteiger charge is -2.06. The third kappa shape index (κ3) is 2.72. The van der Waals surface area contributed by atoms with Crippen LogP contribution < -0.4 is 5.43 Å². The van der Waals surface area contributed by atoms with E-state index in [1.165, 1.54) is 12.8 Å². The van der Waals surface area contributed by atoms with Gasteiger partial charge in [-0.25, -0.2) is 5.43 Å². The third-order valence-corrected chi connectivity index (χ3v) is 3.19. The molecule has 0 aliphatic heterocycles. The maximum Gasteiger partial charge on any atom is 0.291 e. The number of aryl methyl sites for hydroxylation is 1. The molecule has 0 saturated heterocycles. The van der Waals surface area contributed by atoms with Gasteiger partial charge in [-0.2, -0.15) is 10.2 Å². The van der Waals surface area contributed by atoms with E-state index in [2.05, 4.69) is 27.6 Å². The number of amides is 1. The average Bonchev–Trinajstić information content (AvgIpc) is 2.94. The van der Waals surface area contributed by atoms with Crippen molar-refractivity contribution in [2.75, 3.05) is 0 Å². The van der Waals surface area contributed by atoms with Crippen LogP contribution in [0.15, 0.2) is 11.2 Å². The Morgan fingerprint density at radius 1 is 1.71 bits per heavy atom. The van der Waals surface area contributed by atoms with E-state index in [1.807, 2.05) is 6.92 Å². The minimum Gasteiger partial charge on any atom is -0.282 e. The number of hydrazone groups is 1. The Balaban J connectivity index is 1.98. The largest absolute Gasteiger partial charge is 0.291 e. The Morgan fingerprint density at radius 2 is 2.53 bits per heavy atom. The zero-order valence-electron chi connectivity index (χ0n) is 10.3. The van der Waals surface area contributed by atoms with Gasteiger partial charge < -0.3 is 0 Å². The third-order valence-electron chi connectivity index (χ3n) is 3.19. The summed E-state index contributed by atoms with van der Waals surface area (Å²) in [6.45, 7) is 4.02. The van der Waals surface area contributed by atoms with Crippen molar-refractivity contribution in [1.82, 2.24) is 15.6 Å². The van der Waals surface area contributed by atoms with E-state index in [9.17, 15) is 4.79 Å². The van der Waals surface area contributed by atoms with Gasteiger partial charge in [0.15, 0.2) is 5.69 Å². The smallest absolute Gasteiger partial charge is 0.282 e. The van der Waals surface area contributed by atoms with E-state index < -0.39 is 0 Å². The molecule has 0 radical (unpaired) electrons. The van der Waals surface area contributed by atoms with Gasteiger partial charge in [-0.15, -0.1) is 0 Å². The van der Waals surface area contributed by atoms with E-state index in [4.69, 9.17) is 0 Å². The highest BCUT2D eigenvalue weighted by Gasteiger charge is 2.21. The van der Waals surface area contributed by atoms with E-state index in [-0.39, 0.29) is 5.91 Å². The van der Waals surface area contributed by atoms with E-state index >= 15 is 0 Å². The molecular weight excluding hydrogens is 216 g/mol. The van der Waals surface area contributed by atoms with Crippen LogP contribution in [-0.2, 0) is 0 Å². The lowest BCUT2D eigenvalue weighted by atomic mass is 10.0. The zero-order valence-corrected chi connectivity index (χ0v) is 10.3. The van der Waals surface area contributed by atoms with Crippen molar-refractivity contribution < 1.29 is 4.79 Å². The first kappa shape index (κ1) is 11.8. The van der Waals surface area contributed by atoms with E-state index in [1.54, 1.807) is 6.07 Å². The predicted molar refractivity (Wildman–Crippen MR) is 65.9 cm³/mol. The molecule has 2 rings (SSSR count). The molecule has 5 nitrogen and oxygen atoms in total. The minimum atomic E-state index is -0.247. The Morgan fingerprint density at radius 3 is 3.18 bits per heavy atom. The zero-order chi connectivity index (χ0) is 12.3. The molecule has 92 valence electrons. The number of hydrogen-bond donors (Lipinski definition) is 2. The molecule has 1 heterocycles. The molecule has 2 N–H and O–H groups in total. The number of hydrogen-bond acceptors (Lipinski definition) is 3. The van der Waals surface area contributed by atoms with Crippen molar-refractivity contribution in [2.24, 2.45) is 11.0 Å². The summed E-state index contributed by atoms with van der Waals surface area (Å²) in [6.07, 6.45) is 4.45. The number of nitrogens with zero attached hydrogens (tertiary/aromatic N) is 2. The number of aromatic nitrogens is 2. The summed E-state index contributed by atoms with van der Waals surface area (Å²) in [4.78, 5) is 11.7. The number of H-pyrrole nitrogens is 1. The average molecular weight is 234 g/mol. The molecule has 0 aromatic carbocycles. The first-order valence-electron chi connectivity index (χ1n) is 6.09. The van der Waals surface area contributed by atoms with E-state index in [0.717, 1.165) is 24.2 Å². The lowest BCUT2D eigenvalue weighted by Crippen LogP contribution is -2.21. The van der Waals surface area contributed by atoms with Crippen LogP contribution in [0.4, 0.5) is 0 Å². The second-order valence-electron chi connectivity index (χ2n) is 4.48. The standard InChI is InChI=1S/C12H18N4O/c1-3-9-5-4-6-10(9)14-16-12(17)11-7-8(2)13-15-11/h7,9H,3-6H2,1-2H3,(H,13,15)(H,16,17)/b14-10-/t9-/m0/s1. The summed E-state index contributed by atoms with van der Waals surface area (Å²) in [5.41, 5.74) is 4.96. The van der Waals surface area contributed by atoms with Crippen LogP contribution in [0.3, 0.4) is 0 Å². The first-order valence-corrected chi connectivity index (χ1v) is 6.09. The van der Waals surface area contributed by atoms with Crippen molar-refractivity contribution in [1.29, 1.82) is 0 Å². The van der Waals surface area contributed by atoms with Gasteiger partial charge in [-0.3, -0.25) is 9.89 Å². The van der Waals surface area contributed by atoms with Crippen LogP contribution in [-0.4, -0.2) is 21.8 Å². The molecule has 1 atom stereocenters. The highest BCUT2D eigenvalue weighted by atomic mass is 16.2. The Kier molecular flexibility index (Phi) is 3.56. The van der Waals surface area contributed by atoms with Gasteiger partial charge in [0.1, 0.15) is 0 Å².